The summed E-state index contributed by atoms with van der Waals surface area (Å²) >= 11 is 3.03. The fourth-order valence-electron chi connectivity index (χ4n) is 2.73. The van der Waals surface area contributed by atoms with Gasteiger partial charge in [-0.3, -0.25) is 9.48 Å². The summed E-state index contributed by atoms with van der Waals surface area (Å²) < 4.78 is 41.6. The van der Waals surface area contributed by atoms with E-state index in [1.54, 1.807) is 23.0 Å². The van der Waals surface area contributed by atoms with Crippen LogP contribution in [0.15, 0.2) is 29.1 Å². The lowest BCUT2D eigenvalue weighted by Crippen LogP contribution is -2.49. The standard InChI is InChI=1S/C15H15BrF3N5O/c1-22-9-10(7-21-22)14(25)24-4-2-23(3-5-24)13-12(15(17,18)19)6-11(16)8-20-13/h6-9H,2-5H2,1H3. The molecule has 1 fully saturated rings. The number of hydrogen-bond donors (Lipinski definition) is 0. The molecule has 0 saturated carbocycles. The average molecular weight is 418 g/mol. The lowest BCUT2D eigenvalue weighted by atomic mass is 10.2. The van der Waals surface area contributed by atoms with Crippen LogP contribution in [0, 0.1) is 0 Å². The number of alkyl halides is 3. The van der Waals surface area contributed by atoms with Gasteiger partial charge in [0.25, 0.3) is 5.91 Å². The molecule has 3 rings (SSSR count). The topological polar surface area (TPSA) is 54.3 Å². The molecule has 6 nitrogen and oxygen atoms in total. The van der Waals surface area contributed by atoms with Crippen LogP contribution in [0.5, 0.6) is 0 Å². The highest BCUT2D eigenvalue weighted by atomic mass is 79.9. The molecule has 3 heterocycles. The van der Waals surface area contributed by atoms with Crippen LogP contribution >= 0.6 is 15.9 Å². The first kappa shape index (κ1) is 17.7. The number of aromatic nitrogens is 3. The summed E-state index contributed by atoms with van der Waals surface area (Å²) in [6.07, 6.45) is -0.0496. The molecular formula is C15H15BrF3N5O. The van der Waals surface area contributed by atoms with Crippen molar-refractivity contribution in [1.29, 1.82) is 0 Å². The first-order valence-corrected chi connectivity index (χ1v) is 8.30. The summed E-state index contributed by atoms with van der Waals surface area (Å²) in [6, 6.07) is 1.02. The lowest BCUT2D eigenvalue weighted by Gasteiger charge is -2.36. The van der Waals surface area contributed by atoms with Crippen LogP contribution in [0.25, 0.3) is 0 Å². The fourth-order valence-corrected chi connectivity index (χ4v) is 3.06. The highest BCUT2D eigenvalue weighted by Gasteiger charge is 2.37. The van der Waals surface area contributed by atoms with E-state index in [0.29, 0.717) is 18.7 Å². The number of rotatable bonds is 2. The monoisotopic (exact) mass is 417 g/mol. The molecule has 134 valence electrons. The van der Waals surface area contributed by atoms with Gasteiger partial charge in [0.1, 0.15) is 5.82 Å². The first-order chi connectivity index (χ1) is 11.8. The Morgan fingerprint density at radius 1 is 1.20 bits per heavy atom. The number of halogens is 4. The number of carbonyl (C=O) groups is 1. The van der Waals surface area contributed by atoms with Gasteiger partial charge in [-0.15, -0.1) is 0 Å². The Balaban J connectivity index is 1.74. The first-order valence-electron chi connectivity index (χ1n) is 7.51. The molecule has 1 saturated heterocycles. The third kappa shape index (κ3) is 3.78. The van der Waals surface area contributed by atoms with Gasteiger partial charge in [-0.2, -0.15) is 18.3 Å². The summed E-state index contributed by atoms with van der Waals surface area (Å²) in [5.74, 6) is -0.281. The third-order valence-corrected chi connectivity index (χ3v) is 4.39. The Bertz CT molecular complexity index is 784. The zero-order valence-corrected chi connectivity index (χ0v) is 14.9. The van der Waals surface area contributed by atoms with E-state index in [9.17, 15) is 18.0 Å². The van der Waals surface area contributed by atoms with Crippen molar-refractivity contribution in [2.75, 3.05) is 31.1 Å². The number of pyridine rings is 1. The van der Waals surface area contributed by atoms with Crippen LogP contribution in [0.4, 0.5) is 19.0 Å². The van der Waals surface area contributed by atoms with Gasteiger partial charge in [0.15, 0.2) is 0 Å². The molecule has 0 unspecified atom stereocenters. The van der Waals surface area contributed by atoms with Crippen molar-refractivity contribution in [3.05, 3.63) is 40.3 Å². The zero-order chi connectivity index (χ0) is 18.2. The molecule has 0 aliphatic carbocycles. The van der Waals surface area contributed by atoms with Crippen LogP contribution in [-0.4, -0.2) is 51.8 Å². The Morgan fingerprint density at radius 3 is 2.44 bits per heavy atom. The smallest absolute Gasteiger partial charge is 0.353 e. The Labute approximate surface area is 150 Å². The molecule has 1 aliphatic heterocycles. The van der Waals surface area contributed by atoms with Gasteiger partial charge < -0.3 is 9.80 Å². The van der Waals surface area contributed by atoms with Crippen molar-refractivity contribution in [2.24, 2.45) is 7.05 Å². The fraction of sp³-hybridized carbons (Fsp3) is 0.400. The summed E-state index contributed by atoms with van der Waals surface area (Å²) in [6.45, 7) is 1.21. The van der Waals surface area contributed by atoms with Gasteiger partial charge in [0.2, 0.25) is 0 Å². The predicted molar refractivity (Wildman–Crippen MR) is 88.3 cm³/mol. The van der Waals surface area contributed by atoms with Crippen molar-refractivity contribution in [2.45, 2.75) is 6.18 Å². The van der Waals surface area contributed by atoms with Crippen LogP contribution < -0.4 is 4.90 Å². The van der Waals surface area contributed by atoms with Gasteiger partial charge in [0.05, 0.1) is 17.3 Å². The second-order valence-electron chi connectivity index (χ2n) is 5.70. The molecule has 0 N–H and O–H groups in total. The maximum absolute atomic E-state index is 13.3. The molecule has 0 atom stereocenters. The van der Waals surface area contributed by atoms with E-state index in [-0.39, 0.29) is 29.3 Å². The number of anilines is 1. The van der Waals surface area contributed by atoms with Crippen molar-refractivity contribution < 1.29 is 18.0 Å². The van der Waals surface area contributed by atoms with E-state index >= 15 is 0 Å². The minimum atomic E-state index is -4.49. The maximum atomic E-state index is 13.3. The molecule has 2 aromatic rings. The minimum absolute atomic E-state index is 0.107. The molecule has 25 heavy (non-hydrogen) atoms. The van der Waals surface area contributed by atoms with Gasteiger partial charge in [-0.05, 0) is 22.0 Å². The Hall–Kier alpha value is -2.10. The molecule has 10 heteroatoms. The highest BCUT2D eigenvalue weighted by molar-refractivity contribution is 9.10. The molecule has 0 bridgehead atoms. The van der Waals surface area contributed by atoms with Crippen LogP contribution in [0.1, 0.15) is 15.9 Å². The SMILES string of the molecule is Cn1cc(C(=O)N2CCN(c3ncc(Br)cc3C(F)(F)F)CC2)cn1. The van der Waals surface area contributed by atoms with E-state index in [1.807, 2.05) is 0 Å². The summed E-state index contributed by atoms with van der Waals surface area (Å²) in [5, 5.41) is 3.96. The van der Waals surface area contributed by atoms with Crippen LogP contribution in [0.2, 0.25) is 0 Å². The third-order valence-electron chi connectivity index (χ3n) is 3.96. The molecule has 1 aliphatic rings. The minimum Gasteiger partial charge on any atom is -0.353 e. The zero-order valence-electron chi connectivity index (χ0n) is 13.3. The van der Waals surface area contributed by atoms with Crippen molar-refractivity contribution in [1.82, 2.24) is 19.7 Å². The number of amides is 1. The summed E-state index contributed by atoms with van der Waals surface area (Å²) in [4.78, 5) is 19.5. The molecular weight excluding hydrogens is 403 g/mol. The van der Waals surface area contributed by atoms with Gasteiger partial charge >= 0.3 is 6.18 Å². The normalized spacial score (nSPS) is 15.6. The largest absolute Gasteiger partial charge is 0.419 e. The van der Waals surface area contributed by atoms with E-state index in [0.717, 1.165) is 6.07 Å². The quantitative estimate of drug-likeness (QED) is 0.753. The number of carbonyl (C=O) groups excluding carboxylic acids is 1. The Kier molecular flexibility index (Phi) is 4.72. The van der Waals surface area contributed by atoms with E-state index < -0.39 is 11.7 Å². The second-order valence-corrected chi connectivity index (χ2v) is 6.62. The lowest BCUT2D eigenvalue weighted by molar-refractivity contribution is -0.137. The van der Waals surface area contributed by atoms with Gasteiger partial charge in [-0.1, -0.05) is 0 Å². The van der Waals surface area contributed by atoms with E-state index in [4.69, 9.17) is 0 Å². The van der Waals surface area contributed by atoms with Crippen LogP contribution in [-0.2, 0) is 13.2 Å². The van der Waals surface area contributed by atoms with Gasteiger partial charge in [0, 0.05) is 50.1 Å². The predicted octanol–water partition coefficient (Wildman–Crippen LogP) is 2.56. The number of hydrogen-bond acceptors (Lipinski definition) is 4. The number of aryl methyl sites for hydroxylation is 1. The molecule has 2 aromatic heterocycles. The van der Waals surface area contributed by atoms with Crippen LogP contribution in [0.3, 0.4) is 0 Å². The molecule has 0 spiro atoms. The average Bonchev–Trinajstić information content (AvgIpc) is 3.00. The van der Waals surface area contributed by atoms with E-state index in [1.165, 1.54) is 17.1 Å². The molecule has 1 amide bonds. The summed E-state index contributed by atoms with van der Waals surface area (Å²) in [5.41, 5.74) is -0.317. The van der Waals surface area contributed by atoms with Crippen molar-refractivity contribution in [3.8, 4) is 0 Å². The second kappa shape index (κ2) is 6.66. The van der Waals surface area contributed by atoms with Crippen molar-refractivity contribution >= 4 is 27.7 Å². The number of piperazine rings is 1. The molecule has 0 aromatic carbocycles. The van der Waals surface area contributed by atoms with Gasteiger partial charge in [-0.25, -0.2) is 4.98 Å². The maximum Gasteiger partial charge on any atom is 0.419 e. The number of nitrogens with zero attached hydrogens (tertiary/aromatic N) is 5. The van der Waals surface area contributed by atoms with E-state index in [2.05, 4.69) is 26.0 Å². The summed E-state index contributed by atoms with van der Waals surface area (Å²) in [7, 11) is 1.71. The van der Waals surface area contributed by atoms with Crippen molar-refractivity contribution in [3.63, 3.8) is 0 Å². The highest BCUT2D eigenvalue weighted by Crippen LogP contribution is 2.37. The molecule has 0 radical (unpaired) electrons. The Morgan fingerprint density at radius 2 is 1.88 bits per heavy atom.